The average molecular weight is 259 g/mol. The Hall–Kier alpha value is -2.23. The molecule has 1 aliphatic heterocycles. The fraction of sp³-hybridized carbons (Fsp3) is 0.267. The topological polar surface area (TPSA) is 38.8 Å². The van der Waals surface area contributed by atoms with Crippen LogP contribution in [0.2, 0.25) is 0 Å². The van der Waals surface area contributed by atoms with Gasteiger partial charge in [-0.15, -0.1) is 0 Å². The molecule has 1 heterocycles. The summed E-state index contributed by atoms with van der Waals surface area (Å²) in [4.78, 5) is 13.0. The highest BCUT2D eigenvalue weighted by atomic mass is 16.6. The molecular formula is C15H17NO3. The fourth-order valence-corrected chi connectivity index (χ4v) is 1.96. The maximum Gasteiger partial charge on any atom is 0.418 e. The number of benzene rings is 1. The number of methoxy groups -OCH3 is 1. The quantitative estimate of drug-likeness (QED) is 0.836. The average Bonchev–Trinajstić information content (AvgIpc) is 2.47. The number of allylic oxidation sites excluding steroid dienone is 1. The van der Waals surface area contributed by atoms with Crippen molar-refractivity contribution in [3.8, 4) is 0 Å². The summed E-state index contributed by atoms with van der Waals surface area (Å²) in [5, 5.41) is 0. The number of nitrogens with zero attached hydrogens (tertiary/aromatic N) is 1. The van der Waals surface area contributed by atoms with E-state index in [4.69, 9.17) is 9.47 Å². The molecule has 100 valence electrons. The number of amides is 1. The van der Waals surface area contributed by atoms with Crippen LogP contribution in [0.4, 0.5) is 4.79 Å². The van der Waals surface area contributed by atoms with Crippen LogP contribution in [0.3, 0.4) is 0 Å². The largest absolute Gasteiger partial charge is 0.499 e. The highest BCUT2D eigenvalue weighted by Crippen LogP contribution is 2.29. The maximum absolute atomic E-state index is 11.7. The molecule has 0 saturated heterocycles. The van der Waals surface area contributed by atoms with Crippen molar-refractivity contribution in [2.24, 2.45) is 0 Å². The van der Waals surface area contributed by atoms with Crippen molar-refractivity contribution in [2.75, 3.05) is 13.7 Å². The van der Waals surface area contributed by atoms with Crippen molar-refractivity contribution in [1.29, 1.82) is 0 Å². The summed E-state index contributed by atoms with van der Waals surface area (Å²) in [7, 11) is 1.60. The summed E-state index contributed by atoms with van der Waals surface area (Å²) in [5.41, 5.74) is 1.12. The van der Waals surface area contributed by atoms with Crippen LogP contribution < -0.4 is 0 Å². The summed E-state index contributed by atoms with van der Waals surface area (Å²) < 4.78 is 10.3. The first-order valence-electron chi connectivity index (χ1n) is 6.20. The summed E-state index contributed by atoms with van der Waals surface area (Å²) in [6.45, 7) is 2.13. The van der Waals surface area contributed by atoms with Crippen LogP contribution in [-0.4, -0.2) is 24.7 Å². The van der Waals surface area contributed by atoms with Gasteiger partial charge in [-0.1, -0.05) is 36.4 Å². The Labute approximate surface area is 112 Å². The van der Waals surface area contributed by atoms with Crippen molar-refractivity contribution in [3.63, 3.8) is 0 Å². The summed E-state index contributed by atoms with van der Waals surface area (Å²) in [5.74, 6) is 0.735. The predicted molar refractivity (Wildman–Crippen MR) is 72.3 cm³/mol. The molecule has 0 saturated carbocycles. The van der Waals surface area contributed by atoms with Crippen molar-refractivity contribution in [1.82, 2.24) is 4.90 Å². The first-order chi connectivity index (χ1) is 9.26. The Morgan fingerprint density at radius 1 is 1.32 bits per heavy atom. The van der Waals surface area contributed by atoms with Gasteiger partial charge >= 0.3 is 6.09 Å². The second-order valence-electron chi connectivity index (χ2n) is 4.07. The van der Waals surface area contributed by atoms with Gasteiger partial charge in [-0.3, -0.25) is 4.90 Å². The lowest BCUT2D eigenvalue weighted by Gasteiger charge is -2.24. The van der Waals surface area contributed by atoms with Crippen molar-refractivity contribution in [2.45, 2.75) is 12.8 Å². The van der Waals surface area contributed by atoms with Crippen LogP contribution in [0, 0.1) is 0 Å². The molecule has 0 N–H and O–H groups in total. The van der Waals surface area contributed by atoms with Crippen LogP contribution in [0.25, 0.3) is 0 Å². The Kier molecular flexibility index (Phi) is 4.23. The third-order valence-corrected chi connectivity index (χ3v) is 2.88. The molecule has 0 bridgehead atoms. The lowest BCUT2D eigenvalue weighted by Crippen LogP contribution is -2.25. The monoisotopic (exact) mass is 259 g/mol. The third kappa shape index (κ3) is 2.96. The second kappa shape index (κ2) is 6.09. The van der Waals surface area contributed by atoms with Crippen molar-refractivity contribution in [3.05, 3.63) is 60.1 Å². The zero-order valence-corrected chi connectivity index (χ0v) is 11.1. The molecule has 19 heavy (non-hydrogen) atoms. The van der Waals surface area contributed by atoms with E-state index in [9.17, 15) is 4.79 Å². The summed E-state index contributed by atoms with van der Waals surface area (Å²) >= 11 is 0. The molecule has 1 aliphatic rings. The number of hydrogen-bond acceptors (Lipinski definition) is 3. The molecular weight excluding hydrogens is 242 g/mol. The van der Waals surface area contributed by atoms with E-state index in [-0.39, 0.29) is 5.92 Å². The van der Waals surface area contributed by atoms with E-state index in [0.29, 0.717) is 12.4 Å². The van der Waals surface area contributed by atoms with Gasteiger partial charge in [0.1, 0.15) is 5.76 Å². The van der Waals surface area contributed by atoms with Gasteiger partial charge in [0.2, 0.25) is 0 Å². The molecule has 0 aromatic heterocycles. The predicted octanol–water partition coefficient (Wildman–Crippen LogP) is 3.24. The summed E-state index contributed by atoms with van der Waals surface area (Å²) in [6.07, 6.45) is 4.89. The smallest absolute Gasteiger partial charge is 0.418 e. The van der Waals surface area contributed by atoms with Gasteiger partial charge in [0.15, 0.2) is 0 Å². The van der Waals surface area contributed by atoms with Crippen LogP contribution in [0.1, 0.15) is 18.4 Å². The lowest BCUT2D eigenvalue weighted by molar-refractivity contribution is 0.130. The summed E-state index contributed by atoms with van der Waals surface area (Å²) in [6, 6.07) is 9.99. The van der Waals surface area contributed by atoms with Crippen LogP contribution in [0.5, 0.6) is 0 Å². The molecule has 1 aromatic carbocycles. The maximum atomic E-state index is 11.7. The van der Waals surface area contributed by atoms with E-state index in [1.165, 1.54) is 4.90 Å². The van der Waals surface area contributed by atoms with E-state index >= 15 is 0 Å². The molecule has 0 spiro atoms. The van der Waals surface area contributed by atoms with E-state index < -0.39 is 6.09 Å². The molecule has 0 radical (unpaired) electrons. The number of carbonyl (C=O) groups is 1. The molecule has 1 amide bonds. The van der Waals surface area contributed by atoms with Crippen LogP contribution >= 0.6 is 0 Å². The zero-order chi connectivity index (χ0) is 13.7. The highest BCUT2D eigenvalue weighted by Gasteiger charge is 2.22. The molecule has 1 aromatic rings. The van der Waals surface area contributed by atoms with E-state index in [2.05, 4.69) is 0 Å². The van der Waals surface area contributed by atoms with Gasteiger partial charge in [0.25, 0.3) is 0 Å². The van der Waals surface area contributed by atoms with Gasteiger partial charge < -0.3 is 9.47 Å². The molecule has 4 nitrogen and oxygen atoms in total. The third-order valence-electron chi connectivity index (χ3n) is 2.88. The Balaban J connectivity index is 2.20. The minimum atomic E-state index is -0.403. The Morgan fingerprint density at radius 2 is 2.05 bits per heavy atom. The van der Waals surface area contributed by atoms with Crippen LogP contribution in [-0.2, 0) is 9.47 Å². The van der Waals surface area contributed by atoms with Gasteiger partial charge in [-0.25, -0.2) is 4.79 Å². The Morgan fingerprint density at radius 3 is 2.68 bits per heavy atom. The number of ether oxygens (including phenoxy) is 2. The molecule has 2 rings (SSSR count). The number of hydrogen-bond donors (Lipinski definition) is 0. The molecule has 0 fully saturated rings. The lowest BCUT2D eigenvalue weighted by atomic mass is 9.96. The highest BCUT2D eigenvalue weighted by molar-refractivity contribution is 5.70. The van der Waals surface area contributed by atoms with Crippen molar-refractivity contribution < 1.29 is 14.3 Å². The molecule has 1 unspecified atom stereocenters. The standard InChI is InChI=1S/C15H17NO3/c1-3-19-15(17)16-10-9-13(14(11-16)18-2)12-7-5-4-6-8-12/h4-11,13H,3H2,1-2H3. The first-order valence-corrected chi connectivity index (χ1v) is 6.20. The second-order valence-corrected chi connectivity index (χ2v) is 4.07. The van der Waals surface area contributed by atoms with Gasteiger partial charge in [0.05, 0.1) is 25.8 Å². The van der Waals surface area contributed by atoms with E-state index in [1.807, 2.05) is 36.4 Å². The normalized spacial score (nSPS) is 17.9. The zero-order valence-electron chi connectivity index (χ0n) is 11.1. The molecule has 0 aliphatic carbocycles. The van der Waals surface area contributed by atoms with Gasteiger partial charge in [-0.2, -0.15) is 0 Å². The van der Waals surface area contributed by atoms with Gasteiger partial charge in [0, 0.05) is 6.20 Å². The van der Waals surface area contributed by atoms with Crippen LogP contribution in [0.15, 0.2) is 54.6 Å². The van der Waals surface area contributed by atoms with E-state index in [0.717, 1.165) is 5.56 Å². The minimum absolute atomic E-state index is 0.0249. The van der Waals surface area contributed by atoms with Crippen molar-refractivity contribution >= 4 is 6.09 Å². The van der Waals surface area contributed by atoms with Gasteiger partial charge in [-0.05, 0) is 12.5 Å². The SMILES string of the molecule is CCOC(=O)N1C=CC(c2ccccc2)C(OC)=C1. The molecule has 4 heteroatoms. The number of carbonyl (C=O) groups excluding carboxylic acids is 1. The van der Waals surface area contributed by atoms with E-state index in [1.54, 1.807) is 26.4 Å². The number of rotatable bonds is 3. The molecule has 1 atom stereocenters. The Bertz CT molecular complexity index is 493. The minimum Gasteiger partial charge on any atom is -0.499 e. The first kappa shape index (κ1) is 13.2. The fourth-order valence-electron chi connectivity index (χ4n) is 1.96.